The summed E-state index contributed by atoms with van der Waals surface area (Å²) < 4.78 is 11.2. The number of nitrogens with one attached hydrogen (secondary N) is 1. The van der Waals surface area contributed by atoms with Crippen molar-refractivity contribution in [3.63, 3.8) is 0 Å². The first-order valence-electron chi connectivity index (χ1n) is 7.95. The third-order valence-electron chi connectivity index (χ3n) is 4.38. The molecule has 4 heteroatoms. The van der Waals surface area contributed by atoms with E-state index in [9.17, 15) is 0 Å². The molecule has 1 aliphatic heterocycles. The molecule has 1 heterocycles. The maximum Gasteiger partial charge on any atom is 0.123 e. The lowest BCUT2D eigenvalue weighted by Gasteiger charge is -2.36. The average molecular weight is 290 g/mol. The van der Waals surface area contributed by atoms with E-state index in [1.807, 2.05) is 0 Å². The highest BCUT2D eigenvalue weighted by atomic mass is 16.5. The predicted octanol–water partition coefficient (Wildman–Crippen LogP) is 1.96. The van der Waals surface area contributed by atoms with Crippen molar-refractivity contribution < 1.29 is 9.47 Å². The van der Waals surface area contributed by atoms with Gasteiger partial charge in [-0.15, -0.1) is 0 Å². The van der Waals surface area contributed by atoms with Crippen molar-refractivity contribution in [2.75, 3.05) is 33.4 Å². The third-order valence-corrected chi connectivity index (χ3v) is 4.38. The molecule has 1 aliphatic carbocycles. The molecule has 4 nitrogen and oxygen atoms in total. The van der Waals surface area contributed by atoms with Crippen LogP contribution in [0, 0.1) is 6.92 Å². The lowest BCUT2D eigenvalue weighted by Crippen LogP contribution is -2.50. The van der Waals surface area contributed by atoms with Crippen molar-refractivity contribution in [3.05, 3.63) is 29.3 Å². The highest BCUT2D eigenvalue weighted by molar-refractivity contribution is 5.36. The molecule has 0 spiro atoms. The minimum absolute atomic E-state index is 0.463. The quantitative estimate of drug-likeness (QED) is 0.868. The fourth-order valence-electron chi connectivity index (χ4n) is 2.93. The highest BCUT2D eigenvalue weighted by Gasteiger charge is 2.27. The minimum atomic E-state index is 0.463. The standard InChI is InChI=1S/C17H26N2O2/c1-13-3-6-17(20-2)14(9-13)11-19-7-8-21-12-16(19)10-18-15-4-5-15/h3,6,9,15-16,18H,4-5,7-8,10-12H2,1-2H3. The van der Waals surface area contributed by atoms with E-state index in [1.54, 1.807) is 7.11 Å². The van der Waals surface area contributed by atoms with Crippen LogP contribution in [0.1, 0.15) is 24.0 Å². The fraction of sp³-hybridized carbons (Fsp3) is 0.647. The zero-order valence-corrected chi connectivity index (χ0v) is 13.1. The van der Waals surface area contributed by atoms with E-state index < -0.39 is 0 Å². The molecule has 1 N–H and O–H groups in total. The van der Waals surface area contributed by atoms with Gasteiger partial charge in [0.05, 0.1) is 20.3 Å². The molecule has 21 heavy (non-hydrogen) atoms. The smallest absolute Gasteiger partial charge is 0.123 e. The summed E-state index contributed by atoms with van der Waals surface area (Å²) >= 11 is 0. The SMILES string of the molecule is COc1ccc(C)cc1CN1CCOCC1CNC1CC1. The molecule has 1 saturated heterocycles. The summed E-state index contributed by atoms with van der Waals surface area (Å²) in [5, 5.41) is 3.63. The van der Waals surface area contributed by atoms with Crippen LogP contribution in [-0.2, 0) is 11.3 Å². The van der Waals surface area contributed by atoms with Crippen molar-refractivity contribution in [3.8, 4) is 5.75 Å². The third kappa shape index (κ3) is 3.96. The monoisotopic (exact) mass is 290 g/mol. The van der Waals surface area contributed by atoms with E-state index in [0.29, 0.717) is 6.04 Å². The van der Waals surface area contributed by atoms with Crippen molar-refractivity contribution in [1.82, 2.24) is 10.2 Å². The maximum absolute atomic E-state index is 5.67. The molecule has 116 valence electrons. The van der Waals surface area contributed by atoms with Crippen LogP contribution in [-0.4, -0.2) is 50.4 Å². The van der Waals surface area contributed by atoms with Crippen LogP contribution in [0.3, 0.4) is 0 Å². The number of hydrogen-bond acceptors (Lipinski definition) is 4. The fourth-order valence-corrected chi connectivity index (χ4v) is 2.93. The molecular weight excluding hydrogens is 264 g/mol. The summed E-state index contributed by atoms with van der Waals surface area (Å²) in [5.74, 6) is 0.987. The van der Waals surface area contributed by atoms with Crippen LogP contribution in [0.2, 0.25) is 0 Å². The Hall–Kier alpha value is -1.10. The van der Waals surface area contributed by atoms with Crippen LogP contribution in [0.4, 0.5) is 0 Å². The summed E-state index contributed by atoms with van der Waals surface area (Å²) in [6.07, 6.45) is 2.67. The van der Waals surface area contributed by atoms with E-state index >= 15 is 0 Å². The van der Waals surface area contributed by atoms with Gasteiger partial charge in [-0.05, 0) is 25.8 Å². The summed E-state index contributed by atoms with van der Waals surface area (Å²) in [6, 6.07) is 7.63. The Morgan fingerprint density at radius 2 is 2.24 bits per heavy atom. The summed E-state index contributed by atoms with van der Waals surface area (Å²) in [5.41, 5.74) is 2.56. The van der Waals surface area contributed by atoms with Crippen LogP contribution in [0.15, 0.2) is 18.2 Å². The number of hydrogen-bond donors (Lipinski definition) is 1. The van der Waals surface area contributed by atoms with Crippen molar-refractivity contribution >= 4 is 0 Å². The molecule has 1 aromatic carbocycles. The average Bonchev–Trinajstić information content (AvgIpc) is 3.31. The normalized spacial score (nSPS) is 23.2. The largest absolute Gasteiger partial charge is 0.496 e. The Morgan fingerprint density at radius 1 is 1.38 bits per heavy atom. The molecular formula is C17H26N2O2. The van der Waals surface area contributed by atoms with Crippen molar-refractivity contribution in [2.45, 2.75) is 38.4 Å². The molecule has 2 fully saturated rings. The van der Waals surface area contributed by atoms with Gasteiger partial charge in [-0.2, -0.15) is 0 Å². The number of benzene rings is 1. The number of methoxy groups -OCH3 is 1. The molecule has 1 unspecified atom stereocenters. The van der Waals surface area contributed by atoms with Gasteiger partial charge in [0.2, 0.25) is 0 Å². The molecule has 2 aliphatic rings. The van der Waals surface area contributed by atoms with E-state index in [0.717, 1.165) is 44.6 Å². The number of ether oxygens (including phenoxy) is 2. The van der Waals surface area contributed by atoms with Crippen molar-refractivity contribution in [1.29, 1.82) is 0 Å². The number of morpholine rings is 1. The number of aryl methyl sites for hydroxylation is 1. The molecule has 0 aromatic heterocycles. The maximum atomic E-state index is 5.67. The van der Waals surface area contributed by atoms with E-state index in [1.165, 1.54) is 24.0 Å². The van der Waals surface area contributed by atoms with Gasteiger partial charge in [0, 0.05) is 37.3 Å². The first-order valence-corrected chi connectivity index (χ1v) is 7.95. The van der Waals surface area contributed by atoms with Gasteiger partial charge >= 0.3 is 0 Å². The van der Waals surface area contributed by atoms with E-state index in [2.05, 4.69) is 35.3 Å². The number of rotatable bonds is 6. The molecule has 0 amide bonds. The van der Waals surface area contributed by atoms with Gasteiger partial charge in [-0.25, -0.2) is 0 Å². The number of nitrogens with zero attached hydrogens (tertiary/aromatic N) is 1. The van der Waals surface area contributed by atoms with Crippen LogP contribution >= 0.6 is 0 Å². The lowest BCUT2D eigenvalue weighted by atomic mass is 10.1. The first-order chi connectivity index (χ1) is 10.3. The first kappa shape index (κ1) is 14.8. The topological polar surface area (TPSA) is 33.7 Å². The summed E-state index contributed by atoms with van der Waals surface area (Å²) in [6.45, 7) is 6.74. The zero-order valence-electron chi connectivity index (χ0n) is 13.1. The predicted molar refractivity (Wildman–Crippen MR) is 83.8 cm³/mol. The van der Waals surface area contributed by atoms with Gasteiger partial charge < -0.3 is 14.8 Å². The van der Waals surface area contributed by atoms with Gasteiger partial charge in [-0.1, -0.05) is 17.7 Å². The second-order valence-corrected chi connectivity index (χ2v) is 6.20. The minimum Gasteiger partial charge on any atom is -0.496 e. The molecule has 1 aromatic rings. The summed E-state index contributed by atoms with van der Waals surface area (Å²) in [4.78, 5) is 2.52. The Kier molecular flexibility index (Phi) is 4.78. The molecule has 0 bridgehead atoms. The van der Waals surface area contributed by atoms with Crippen molar-refractivity contribution in [2.24, 2.45) is 0 Å². The Labute approximate surface area is 127 Å². The van der Waals surface area contributed by atoms with Crippen LogP contribution in [0.25, 0.3) is 0 Å². The van der Waals surface area contributed by atoms with Gasteiger partial charge in [0.15, 0.2) is 0 Å². The molecule has 0 radical (unpaired) electrons. The summed E-state index contributed by atoms with van der Waals surface area (Å²) in [7, 11) is 1.75. The second-order valence-electron chi connectivity index (χ2n) is 6.20. The van der Waals surface area contributed by atoms with Crippen LogP contribution in [0.5, 0.6) is 5.75 Å². The van der Waals surface area contributed by atoms with E-state index in [4.69, 9.17) is 9.47 Å². The Morgan fingerprint density at radius 3 is 3.00 bits per heavy atom. The van der Waals surface area contributed by atoms with Gasteiger partial charge in [0.1, 0.15) is 5.75 Å². The molecule has 1 atom stereocenters. The molecule has 3 rings (SSSR count). The zero-order chi connectivity index (χ0) is 14.7. The highest BCUT2D eigenvalue weighted by Crippen LogP contribution is 2.24. The van der Waals surface area contributed by atoms with Crippen LogP contribution < -0.4 is 10.1 Å². The Bertz CT molecular complexity index is 474. The Balaban J connectivity index is 1.66. The van der Waals surface area contributed by atoms with E-state index in [-0.39, 0.29) is 0 Å². The molecule has 1 saturated carbocycles. The lowest BCUT2D eigenvalue weighted by molar-refractivity contribution is -0.0113. The van der Waals surface area contributed by atoms with Gasteiger partial charge in [-0.3, -0.25) is 4.90 Å². The van der Waals surface area contributed by atoms with Gasteiger partial charge in [0.25, 0.3) is 0 Å². The second kappa shape index (κ2) is 6.77.